The highest BCUT2D eigenvalue weighted by Crippen LogP contribution is 2.53. The Morgan fingerprint density at radius 1 is 1.14 bits per heavy atom. The molecule has 152 valence electrons. The van der Waals surface area contributed by atoms with Crippen LogP contribution in [0.1, 0.15) is 13.8 Å². The van der Waals surface area contributed by atoms with Crippen molar-refractivity contribution in [2.24, 2.45) is 17.9 Å². The molecule has 11 heteroatoms. The lowest BCUT2D eigenvalue weighted by atomic mass is 9.71. The van der Waals surface area contributed by atoms with Gasteiger partial charge in [0.1, 0.15) is 5.02 Å². The van der Waals surface area contributed by atoms with E-state index in [1.807, 2.05) is 13.2 Å². The van der Waals surface area contributed by atoms with Crippen molar-refractivity contribution in [2.75, 3.05) is 42.7 Å². The third-order valence-electron chi connectivity index (χ3n) is 6.04. The summed E-state index contributed by atoms with van der Waals surface area (Å²) in [5.41, 5.74) is 0.430. The van der Waals surface area contributed by atoms with Gasteiger partial charge in [0.25, 0.3) is 0 Å². The van der Waals surface area contributed by atoms with Crippen LogP contribution in [0.5, 0.6) is 0 Å². The first kappa shape index (κ1) is 19.4. The van der Waals surface area contributed by atoms with E-state index in [2.05, 4.69) is 39.1 Å². The van der Waals surface area contributed by atoms with Crippen molar-refractivity contribution in [3.05, 3.63) is 23.6 Å². The standard InChI is InChI=1S/C17H24ClN7O2S/c1-16-8-24(9-17(16,2)11-25(10-16)28(4,26)27)14-13(18)6-19-15(22-14)21-12-5-20-23(3)7-12/h5-7H,8-11H2,1-4H3,(H,19,21,22)/t16-,17+. The largest absolute Gasteiger partial charge is 0.354 e. The van der Waals surface area contributed by atoms with Crippen LogP contribution in [0.3, 0.4) is 0 Å². The van der Waals surface area contributed by atoms with Crippen molar-refractivity contribution < 1.29 is 8.42 Å². The molecule has 2 aromatic rings. The zero-order valence-electron chi connectivity index (χ0n) is 16.3. The fourth-order valence-corrected chi connectivity index (χ4v) is 5.48. The Morgan fingerprint density at radius 3 is 2.32 bits per heavy atom. The summed E-state index contributed by atoms with van der Waals surface area (Å²) in [4.78, 5) is 11.0. The van der Waals surface area contributed by atoms with Crippen LogP contribution < -0.4 is 10.2 Å². The summed E-state index contributed by atoms with van der Waals surface area (Å²) in [6.07, 6.45) is 6.39. The molecule has 0 radical (unpaired) electrons. The van der Waals surface area contributed by atoms with E-state index in [4.69, 9.17) is 11.6 Å². The molecule has 2 saturated heterocycles. The molecular formula is C17H24ClN7O2S. The summed E-state index contributed by atoms with van der Waals surface area (Å²) in [6.45, 7) is 6.64. The van der Waals surface area contributed by atoms with E-state index in [1.54, 1.807) is 21.4 Å². The molecule has 0 aliphatic carbocycles. The molecule has 0 amide bonds. The van der Waals surface area contributed by atoms with Crippen LogP contribution in [0.2, 0.25) is 5.02 Å². The van der Waals surface area contributed by atoms with Crippen LogP contribution in [-0.2, 0) is 17.1 Å². The van der Waals surface area contributed by atoms with Crippen LogP contribution in [-0.4, -0.2) is 64.9 Å². The first-order valence-corrected chi connectivity index (χ1v) is 11.2. The van der Waals surface area contributed by atoms with Gasteiger partial charge in [0.05, 0.1) is 24.3 Å². The van der Waals surface area contributed by atoms with E-state index in [9.17, 15) is 8.42 Å². The summed E-state index contributed by atoms with van der Waals surface area (Å²) >= 11 is 6.41. The van der Waals surface area contributed by atoms with Gasteiger partial charge in [0.2, 0.25) is 16.0 Å². The Bertz CT molecular complexity index is 1010. The average Bonchev–Trinajstić information content (AvgIpc) is 3.17. The maximum Gasteiger partial charge on any atom is 0.229 e. The van der Waals surface area contributed by atoms with Crippen molar-refractivity contribution in [1.82, 2.24) is 24.1 Å². The highest BCUT2D eigenvalue weighted by atomic mass is 35.5. The van der Waals surface area contributed by atoms with E-state index >= 15 is 0 Å². The van der Waals surface area contributed by atoms with Gasteiger partial charge < -0.3 is 10.2 Å². The van der Waals surface area contributed by atoms with E-state index in [1.165, 1.54) is 6.26 Å². The van der Waals surface area contributed by atoms with Crippen LogP contribution in [0, 0.1) is 10.8 Å². The number of anilines is 3. The molecule has 0 saturated carbocycles. The predicted molar refractivity (Wildman–Crippen MR) is 108 cm³/mol. The first-order valence-electron chi connectivity index (χ1n) is 8.97. The Balaban J connectivity index is 1.59. The number of hydrogen-bond donors (Lipinski definition) is 1. The van der Waals surface area contributed by atoms with Gasteiger partial charge in [-0.15, -0.1) is 0 Å². The number of fused-ring (bicyclic) bond motifs is 1. The number of nitrogens with zero attached hydrogens (tertiary/aromatic N) is 6. The van der Waals surface area contributed by atoms with Crippen molar-refractivity contribution in [3.8, 4) is 0 Å². The minimum absolute atomic E-state index is 0.179. The molecule has 1 N–H and O–H groups in total. The van der Waals surface area contributed by atoms with Crippen molar-refractivity contribution in [2.45, 2.75) is 13.8 Å². The van der Waals surface area contributed by atoms with Crippen LogP contribution in [0.4, 0.5) is 17.5 Å². The second kappa shape index (κ2) is 6.30. The third kappa shape index (κ3) is 3.23. The van der Waals surface area contributed by atoms with Gasteiger partial charge in [-0.3, -0.25) is 4.68 Å². The lowest BCUT2D eigenvalue weighted by molar-refractivity contribution is 0.212. The second-order valence-electron chi connectivity index (χ2n) is 8.40. The molecule has 0 spiro atoms. The molecular weight excluding hydrogens is 402 g/mol. The lowest BCUT2D eigenvalue weighted by Gasteiger charge is -2.30. The summed E-state index contributed by atoms with van der Waals surface area (Å²) in [7, 11) is -1.37. The fourth-order valence-electron chi connectivity index (χ4n) is 4.24. The molecule has 0 aromatic carbocycles. The van der Waals surface area contributed by atoms with E-state index in [0.717, 1.165) is 5.69 Å². The van der Waals surface area contributed by atoms with Crippen molar-refractivity contribution in [1.29, 1.82) is 0 Å². The monoisotopic (exact) mass is 425 g/mol. The zero-order chi connectivity index (χ0) is 20.3. The topological polar surface area (TPSA) is 96.2 Å². The summed E-state index contributed by atoms with van der Waals surface area (Å²) in [6, 6.07) is 0. The number of halogens is 1. The molecule has 2 atom stereocenters. The Hall–Kier alpha value is -1.91. The van der Waals surface area contributed by atoms with E-state index in [0.29, 0.717) is 43.0 Å². The fraction of sp³-hybridized carbons (Fsp3) is 0.588. The SMILES string of the molecule is Cn1cc(Nc2ncc(Cl)c(N3C[C@@]4(C)CN(S(C)(=O)=O)C[C@@]4(C)C3)n2)cn1. The summed E-state index contributed by atoms with van der Waals surface area (Å²) in [5, 5.41) is 7.73. The highest BCUT2D eigenvalue weighted by molar-refractivity contribution is 7.88. The minimum Gasteiger partial charge on any atom is -0.354 e. The molecule has 28 heavy (non-hydrogen) atoms. The Morgan fingerprint density at radius 2 is 1.79 bits per heavy atom. The van der Waals surface area contributed by atoms with Gasteiger partial charge in [-0.2, -0.15) is 10.1 Å². The van der Waals surface area contributed by atoms with Crippen molar-refractivity contribution in [3.63, 3.8) is 0 Å². The maximum absolute atomic E-state index is 12.0. The number of nitrogens with one attached hydrogen (secondary N) is 1. The smallest absolute Gasteiger partial charge is 0.229 e. The van der Waals surface area contributed by atoms with Crippen LogP contribution in [0.15, 0.2) is 18.6 Å². The third-order valence-corrected chi connectivity index (χ3v) is 7.51. The molecule has 2 aromatic heterocycles. The first-order chi connectivity index (χ1) is 13.0. The Kier molecular flexibility index (Phi) is 4.36. The van der Waals surface area contributed by atoms with Gasteiger partial charge >= 0.3 is 0 Å². The normalized spacial score (nSPS) is 28.0. The molecule has 2 aliphatic rings. The number of aryl methyl sites for hydroxylation is 1. The number of hydrogen-bond acceptors (Lipinski definition) is 7. The van der Waals surface area contributed by atoms with Crippen LogP contribution >= 0.6 is 11.6 Å². The number of sulfonamides is 1. The Labute approximate surface area is 169 Å². The summed E-state index contributed by atoms with van der Waals surface area (Å²) < 4.78 is 27.3. The lowest BCUT2D eigenvalue weighted by Crippen LogP contribution is -2.35. The van der Waals surface area contributed by atoms with E-state index < -0.39 is 10.0 Å². The number of rotatable bonds is 4. The van der Waals surface area contributed by atoms with Crippen LogP contribution in [0.25, 0.3) is 0 Å². The maximum atomic E-state index is 12.0. The van der Waals surface area contributed by atoms with Gasteiger partial charge in [-0.1, -0.05) is 25.4 Å². The van der Waals surface area contributed by atoms with Crippen molar-refractivity contribution >= 4 is 39.1 Å². The zero-order valence-corrected chi connectivity index (χ0v) is 17.9. The molecule has 4 rings (SSSR count). The molecule has 0 unspecified atom stereocenters. The van der Waals surface area contributed by atoms with Gasteiger partial charge in [-0.05, 0) is 0 Å². The van der Waals surface area contributed by atoms with Gasteiger partial charge in [-0.25, -0.2) is 17.7 Å². The quantitative estimate of drug-likeness (QED) is 0.796. The van der Waals surface area contributed by atoms with Gasteiger partial charge in [0.15, 0.2) is 5.82 Å². The number of aromatic nitrogens is 4. The second-order valence-corrected chi connectivity index (χ2v) is 10.8. The molecule has 9 nitrogen and oxygen atoms in total. The van der Waals surface area contributed by atoms with E-state index in [-0.39, 0.29) is 10.8 Å². The predicted octanol–water partition coefficient (Wildman–Crippen LogP) is 1.71. The molecule has 2 aliphatic heterocycles. The average molecular weight is 426 g/mol. The van der Waals surface area contributed by atoms with Gasteiger partial charge in [0, 0.05) is 50.3 Å². The molecule has 4 heterocycles. The molecule has 2 fully saturated rings. The minimum atomic E-state index is -3.21. The summed E-state index contributed by atoms with van der Waals surface area (Å²) in [5.74, 6) is 1.10. The molecule has 0 bridgehead atoms. The highest BCUT2D eigenvalue weighted by Gasteiger charge is 2.59.